The number of amides is 1. The average molecular weight is 451 g/mol. The van der Waals surface area contributed by atoms with Gasteiger partial charge in [0.2, 0.25) is 11.8 Å². The van der Waals surface area contributed by atoms with Crippen LogP contribution >= 0.6 is 23.1 Å². The molecule has 4 aromatic rings. The number of aromatic nitrogens is 3. The van der Waals surface area contributed by atoms with Crippen molar-refractivity contribution in [3.63, 3.8) is 0 Å². The highest BCUT2D eigenvalue weighted by Crippen LogP contribution is 2.30. The van der Waals surface area contributed by atoms with Gasteiger partial charge in [-0.25, -0.2) is 4.98 Å². The topological polar surface area (TPSA) is 80.9 Å². The van der Waals surface area contributed by atoms with E-state index < -0.39 is 0 Å². The molecular formula is C23H22N4O2S2. The number of nitrogens with one attached hydrogen (secondary N) is 1. The predicted molar refractivity (Wildman–Crippen MR) is 126 cm³/mol. The van der Waals surface area contributed by atoms with Gasteiger partial charge in [-0.15, -0.1) is 21.5 Å². The molecule has 31 heavy (non-hydrogen) atoms. The van der Waals surface area contributed by atoms with Crippen LogP contribution in [0.5, 0.6) is 0 Å². The molecule has 0 bridgehead atoms. The summed E-state index contributed by atoms with van der Waals surface area (Å²) >= 11 is 2.61. The van der Waals surface area contributed by atoms with Crippen LogP contribution in [-0.4, -0.2) is 26.8 Å². The fourth-order valence-corrected chi connectivity index (χ4v) is 4.34. The number of thiazole rings is 1. The summed E-state index contributed by atoms with van der Waals surface area (Å²) in [5, 5.41) is 13.8. The number of rotatable bonds is 6. The van der Waals surface area contributed by atoms with Crippen molar-refractivity contribution in [3.8, 4) is 22.7 Å². The maximum Gasteiger partial charge on any atom is 0.277 e. The van der Waals surface area contributed by atoms with Crippen molar-refractivity contribution in [2.75, 3.05) is 11.1 Å². The van der Waals surface area contributed by atoms with Crippen molar-refractivity contribution in [1.29, 1.82) is 0 Å². The molecule has 0 spiro atoms. The van der Waals surface area contributed by atoms with Gasteiger partial charge in [0.15, 0.2) is 5.13 Å². The van der Waals surface area contributed by atoms with Crippen LogP contribution in [0.3, 0.4) is 0 Å². The maximum absolute atomic E-state index is 12.4. The van der Waals surface area contributed by atoms with Gasteiger partial charge in [-0.2, -0.15) is 0 Å². The largest absolute Gasteiger partial charge is 0.411 e. The summed E-state index contributed by atoms with van der Waals surface area (Å²) < 4.78 is 5.65. The lowest BCUT2D eigenvalue weighted by atomic mass is 9.99. The van der Waals surface area contributed by atoms with Gasteiger partial charge < -0.3 is 9.73 Å². The number of hydrogen-bond acceptors (Lipinski definition) is 7. The first-order chi connectivity index (χ1) is 14.9. The highest BCUT2D eigenvalue weighted by Gasteiger charge is 2.14. The van der Waals surface area contributed by atoms with Crippen molar-refractivity contribution >= 4 is 34.1 Å². The van der Waals surface area contributed by atoms with Gasteiger partial charge >= 0.3 is 0 Å². The Hall–Kier alpha value is -2.97. The minimum atomic E-state index is -0.169. The zero-order valence-electron chi connectivity index (χ0n) is 17.7. The number of carbonyl (C=O) groups is 1. The number of benzene rings is 2. The third kappa shape index (κ3) is 5.03. The smallest absolute Gasteiger partial charge is 0.277 e. The van der Waals surface area contributed by atoms with E-state index in [9.17, 15) is 4.79 Å². The lowest BCUT2D eigenvalue weighted by molar-refractivity contribution is -0.113. The standard InChI is InChI=1S/C23H22N4O2S2/c1-13-5-7-17(8-6-13)21-26-27-23(29-21)31-12-20(28)25-22-24-19(11-30-22)18-10-15(3)14(2)9-16(18)4/h5-11H,12H2,1-4H3,(H,24,25,28). The van der Waals surface area contributed by atoms with E-state index in [0.29, 0.717) is 16.2 Å². The summed E-state index contributed by atoms with van der Waals surface area (Å²) in [5.74, 6) is 0.432. The Morgan fingerprint density at radius 1 is 1.03 bits per heavy atom. The number of nitrogens with zero attached hydrogens (tertiary/aromatic N) is 3. The Morgan fingerprint density at radius 2 is 1.77 bits per heavy atom. The van der Waals surface area contributed by atoms with Crippen LogP contribution < -0.4 is 5.32 Å². The number of carbonyl (C=O) groups excluding carboxylic acids is 1. The van der Waals surface area contributed by atoms with Crippen molar-refractivity contribution in [2.45, 2.75) is 32.9 Å². The molecule has 0 aliphatic carbocycles. The third-order valence-electron chi connectivity index (χ3n) is 4.90. The van der Waals surface area contributed by atoms with E-state index in [2.05, 4.69) is 53.4 Å². The van der Waals surface area contributed by atoms with Crippen LogP contribution in [0.15, 0.2) is 51.4 Å². The van der Waals surface area contributed by atoms with E-state index in [1.54, 1.807) is 0 Å². The Labute approximate surface area is 189 Å². The second-order valence-corrected chi connectivity index (χ2v) is 9.15. The number of thioether (sulfide) groups is 1. The fraction of sp³-hybridized carbons (Fsp3) is 0.217. The normalized spacial score (nSPS) is 11.0. The van der Waals surface area contributed by atoms with Gasteiger partial charge in [0.25, 0.3) is 5.22 Å². The minimum Gasteiger partial charge on any atom is -0.411 e. The molecule has 0 aliphatic rings. The second kappa shape index (κ2) is 9.03. The SMILES string of the molecule is Cc1ccc(-c2nnc(SCC(=O)Nc3nc(-c4cc(C)c(C)cc4C)cs3)o2)cc1. The molecule has 0 fully saturated rings. The number of anilines is 1. The predicted octanol–water partition coefficient (Wildman–Crippen LogP) is 5.82. The molecule has 2 aromatic carbocycles. The molecule has 0 saturated carbocycles. The van der Waals surface area contributed by atoms with Crippen molar-refractivity contribution in [1.82, 2.24) is 15.2 Å². The quantitative estimate of drug-likeness (QED) is 0.373. The number of aryl methyl sites for hydroxylation is 4. The first-order valence-electron chi connectivity index (χ1n) is 9.76. The average Bonchev–Trinajstić information content (AvgIpc) is 3.39. The van der Waals surface area contributed by atoms with Gasteiger partial charge in [0.05, 0.1) is 11.4 Å². The lowest BCUT2D eigenvalue weighted by Crippen LogP contribution is -2.13. The molecule has 8 heteroatoms. The summed E-state index contributed by atoms with van der Waals surface area (Å²) in [6.07, 6.45) is 0. The molecule has 1 amide bonds. The van der Waals surface area contributed by atoms with E-state index in [1.165, 1.54) is 39.8 Å². The summed E-state index contributed by atoms with van der Waals surface area (Å²) in [6, 6.07) is 12.1. The molecular weight excluding hydrogens is 428 g/mol. The molecule has 1 N–H and O–H groups in total. The fourth-order valence-electron chi connectivity index (χ4n) is 3.05. The van der Waals surface area contributed by atoms with Crippen LogP contribution in [0, 0.1) is 27.7 Å². The summed E-state index contributed by atoms with van der Waals surface area (Å²) in [6.45, 7) is 8.28. The van der Waals surface area contributed by atoms with E-state index in [1.807, 2.05) is 36.6 Å². The summed E-state index contributed by atoms with van der Waals surface area (Å²) in [4.78, 5) is 16.9. The first-order valence-corrected chi connectivity index (χ1v) is 11.6. The van der Waals surface area contributed by atoms with Crippen LogP contribution in [0.25, 0.3) is 22.7 Å². The highest BCUT2D eigenvalue weighted by molar-refractivity contribution is 7.99. The monoisotopic (exact) mass is 450 g/mol. The van der Waals surface area contributed by atoms with E-state index >= 15 is 0 Å². The molecule has 0 aliphatic heterocycles. The number of hydrogen-bond donors (Lipinski definition) is 1. The molecule has 0 unspecified atom stereocenters. The van der Waals surface area contributed by atoms with Gasteiger partial charge in [-0.1, -0.05) is 35.5 Å². The summed E-state index contributed by atoms with van der Waals surface area (Å²) in [5.41, 5.74) is 7.62. The first kappa shape index (κ1) is 21.3. The van der Waals surface area contributed by atoms with Crippen molar-refractivity contribution < 1.29 is 9.21 Å². The van der Waals surface area contributed by atoms with Gasteiger partial charge in [0, 0.05) is 16.5 Å². The Morgan fingerprint density at radius 3 is 2.55 bits per heavy atom. The third-order valence-corrected chi connectivity index (χ3v) is 6.48. The Kier molecular flexibility index (Phi) is 6.20. The Balaban J connectivity index is 1.36. The zero-order valence-corrected chi connectivity index (χ0v) is 19.4. The van der Waals surface area contributed by atoms with Crippen LogP contribution in [0.2, 0.25) is 0 Å². The molecule has 4 rings (SSSR count). The lowest BCUT2D eigenvalue weighted by Gasteiger charge is -2.07. The second-order valence-electron chi connectivity index (χ2n) is 7.37. The maximum atomic E-state index is 12.4. The van der Waals surface area contributed by atoms with E-state index in [-0.39, 0.29) is 11.7 Å². The molecule has 2 aromatic heterocycles. The molecule has 0 saturated heterocycles. The molecule has 0 atom stereocenters. The summed E-state index contributed by atoms with van der Waals surface area (Å²) in [7, 11) is 0. The molecule has 6 nitrogen and oxygen atoms in total. The minimum absolute atomic E-state index is 0.160. The Bertz CT molecular complexity index is 1230. The van der Waals surface area contributed by atoms with Gasteiger partial charge in [-0.05, 0) is 62.6 Å². The van der Waals surface area contributed by atoms with Crippen molar-refractivity contribution in [2.24, 2.45) is 0 Å². The van der Waals surface area contributed by atoms with Crippen LogP contribution in [0.4, 0.5) is 5.13 Å². The highest BCUT2D eigenvalue weighted by atomic mass is 32.2. The van der Waals surface area contributed by atoms with Gasteiger partial charge in [0.1, 0.15) is 0 Å². The van der Waals surface area contributed by atoms with E-state index in [4.69, 9.17) is 4.42 Å². The molecule has 2 heterocycles. The molecule has 158 valence electrons. The zero-order chi connectivity index (χ0) is 22.0. The van der Waals surface area contributed by atoms with Crippen LogP contribution in [-0.2, 0) is 4.79 Å². The molecule has 0 radical (unpaired) electrons. The van der Waals surface area contributed by atoms with E-state index in [0.717, 1.165) is 22.4 Å². The van der Waals surface area contributed by atoms with Crippen molar-refractivity contribution in [3.05, 3.63) is 64.0 Å². The van der Waals surface area contributed by atoms with Gasteiger partial charge in [-0.3, -0.25) is 4.79 Å². The van der Waals surface area contributed by atoms with Crippen LogP contribution in [0.1, 0.15) is 22.3 Å².